The number of benzene rings is 1. The first-order valence-electron chi connectivity index (χ1n) is 6.11. The highest BCUT2D eigenvalue weighted by Gasteiger charge is 2.26. The zero-order valence-electron chi connectivity index (χ0n) is 11.6. The summed E-state index contributed by atoms with van der Waals surface area (Å²) in [7, 11) is 1.84. The highest BCUT2D eigenvalue weighted by Crippen LogP contribution is 2.21. The van der Waals surface area contributed by atoms with E-state index in [-0.39, 0.29) is 0 Å². The molecule has 0 amide bonds. The third-order valence-electron chi connectivity index (χ3n) is 2.73. The van der Waals surface area contributed by atoms with Crippen LogP contribution < -0.4 is 0 Å². The van der Waals surface area contributed by atoms with Gasteiger partial charge in [0.25, 0.3) is 5.78 Å². The Bertz CT molecular complexity index is 647. The van der Waals surface area contributed by atoms with Crippen LogP contribution in [0.4, 0.5) is 0 Å². The molecule has 0 aliphatic rings. The van der Waals surface area contributed by atoms with Crippen molar-refractivity contribution in [2.75, 3.05) is 0 Å². The second-order valence-corrected chi connectivity index (χ2v) is 5.50. The number of Topliss-reactive ketones (excluding diaryl/α,β-unsaturated/α-hetero) is 1. The molecule has 0 fully saturated rings. The summed E-state index contributed by atoms with van der Waals surface area (Å²) in [4.78, 5) is 24.0. The third kappa shape index (κ3) is 2.67. The summed E-state index contributed by atoms with van der Waals surface area (Å²) in [5, 5.41) is 0.765. The second-order valence-electron chi connectivity index (χ2n) is 5.50. The first-order chi connectivity index (χ1) is 8.79. The van der Waals surface area contributed by atoms with Crippen molar-refractivity contribution >= 4 is 22.7 Å². The van der Waals surface area contributed by atoms with Crippen molar-refractivity contribution in [2.45, 2.75) is 26.4 Å². The molecule has 1 heterocycles. The summed E-state index contributed by atoms with van der Waals surface area (Å²) in [6.45, 7) is 5.21. The molecule has 0 aliphatic carbocycles. The third-order valence-corrected chi connectivity index (χ3v) is 2.73. The van der Waals surface area contributed by atoms with Gasteiger partial charge in [-0.25, -0.2) is 4.79 Å². The minimum Gasteiger partial charge on any atom is -0.454 e. The van der Waals surface area contributed by atoms with Gasteiger partial charge < -0.3 is 9.30 Å². The van der Waals surface area contributed by atoms with Crippen molar-refractivity contribution in [3.8, 4) is 0 Å². The minimum absolute atomic E-state index is 0.382. The SMILES string of the molecule is Cn1cc(C(=O)C(=O)OC(C)(C)C)c2ccccc21. The topological polar surface area (TPSA) is 48.3 Å². The van der Waals surface area contributed by atoms with Crippen molar-refractivity contribution in [2.24, 2.45) is 7.05 Å². The molecule has 0 aliphatic heterocycles. The Hall–Kier alpha value is -2.10. The number of carbonyl (C=O) groups is 2. The number of nitrogens with zero attached hydrogens (tertiary/aromatic N) is 1. The number of fused-ring (bicyclic) bond motifs is 1. The number of carbonyl (C=O) groups excluding carboxylic acids is 2. The van der Waals surface area contributed by atoms with Crippen LogP contribution in [0.2, 0.25) is 0 Å². The Balaban J connectivity index is 2.40. The molecular weight excluding hydrogens is 242 g/mol. The van der Waals surface area contributed by atoms with E-state index in [1.165, 1.54) is 0 Å². The average Bonchev–Trinajstić information content (AvgIpc) is 2.64. The number of hydrogen-bond acceptors (Lipinski definition) is 3. The molecule has 0 N–H and O–H groups in total. The summed E-state index contributed by atoms with van der Waals surface area (Å²) in [5.41, 5.74) is 0.624. The van der Waals surface area contributed by atoms with Gasteiger partial charge in [0, 0.05) is 24.1 Å². The monoisotopic (exact) mass is 259 g/mol. The number of aromatic nitrogens is 1. The van der Waals surface area contributed by atoms with Crippen LogP contribution in [0.5, 0.6) is 0 Å². The number of ether oxygens (including phenoxy) is 1. The van der Waals surface area contributed by atoms with E-state index in [9.17, 15) is 9.59 Å². The van der Waals surface area contributed by atoms with E-state index in [0.717, 1.165) is 10.9 Å². The molecule has 0 radical (unpaired) electrons. The molecule has 1 aromatic heterocycles. The Morgan fingerprint density at radius 1 is 1.16 bits per heavy atom. The molecule has 2 rings (SSSR count). The van der Waals surface area contributed by atoms with Gasteiger partial charge in [-0.2, -0.15) is 0 Å². The molecule has 0 unspecified atom stereocenters. The van der Waals surface area contributed by atoms with Crippen LogP contribution in [0, 0.1) is 0 Å². The van der Waals surface area contributed by atoms with E-state index >= 15 is 0 Å². The molecule has 4 nitrogen and oxygen atoms in total. The number of ketones is 1. The smallest absolute Gasteiger partial charge is 0.380 e. The number of rotatable bonds is 2. The molecule has 0 saturated carbocycles. The lowest BCUT2D eigenvalue weighted by Crippen LogP contribution is -2.28. The molecule has 19 heavy (non-hydrogen) atoms. The van der Waals surface area contributed by atoms with Crippen LogP contribution in [0.25, 0.3) is 10.9 Å². The predicted octanol–water partition coefficient (Wildman–Crippen LogP) is 2.70. The lowest BCUT2D eigenvalue weighted by Gasteiger charge is -2.18. The van der Waals surface area contributed by atoms with Crippen LogP contribution >= 0.6 is 0 Å². The van der Waals surface area contributed by atoms with Gasteiger partial charge in [0.05, 0.1) is 5.56 Å². The van der Waals surface area contributed by atoms with Crippen molar-refractivity contribution in [3.63, 3.8) is 0 Å². The highest BCUT2D eigenvalue weighted by atomic mass is 16.6. The van der Waals surface area contributed by atoms with Gasteiger partial charge >= 0.3 is 5.97 Å². The van der Waals surface area contributed by atoms with Crippen molar-refractivity contribution in [1.82, 2.24) is 4.57 Å². The van der Waals surface area contributed by atoms with E-state index in [2.05, 4.69) is 0 Å². The quantitative estimate of drug-likeness (QED) is 0.473. The Morgan fingerprint density at radius 3 is 2.42 bits per heavy atom. The Labute approximate surface area is 112 Å². The fourth-order valence-electron chi connectivity index (χ4n) is 1.96. The van der Waals surface area contributed by atoms with Crippen molar-refractivity contribution in [3.05, 3.63) is 36.0 Å². The van der Waals surface area contributed by atoms with Crippen LogP contribution in [0.15, 0.2) is 30.5 Å². The summed E-state index contributed by atoms with van der Waals surface area (Å²) >= 11 is 0. The van der Waals surface area contributed by atoms with E-state index in [1.807, 2.05) is 35.9 Å². The fourth-order valence-corrected chi connectivity index (χ4v) is 1.96. The Morgan fingerprint density at radius 2 is 1.79 bits per heavy atom. The van der Waals surface area contributed by atoms with Crippen LogP contribution in [0.1, 0.15) is 31.1 Å². The predicted molar refractivity (Wildman–Crippen MR) is 73.1 cm³/mol. The largest absolute Gasteiger partial charge is 0.454 e. The number of aryl methyl sites for hydroxylation is 1. The maximum Gasteiger partial charge on any atom is 0.380 e. The van der Waals surface area contributed by atoms with Gasteiger partial charge in [0.2, 0.25) is 0 Å². The maximum absolute atomic E-state index is 12.2. The van der Waals surface area contributed by atoms with Crippen LogP contribution in [-0.2, 0) is 16.6 Å². The molecule has 1 aromatic carbocycles. The van der Waals surface area contributed by atoms with Crippen LogP contribution in [0.3, 0.4) is 0 Å². The normalized spacial score (nSPS) is 11.6. The van der Waals surface area contributed by atoms with E-state index in [0.29, 0.717) is 5.56 Å². The minimum atomic E-state index is -0.816. The lowest BCUT2D eigenvalue weighted by atomic mass is 10.1. The second kappa shape index (κ2) is 4.53. The first-order valence-corrected chi connectivity index (χ1v) is 6.11. The van der Waals surface area contributed by atoms with Gasteiger partial charge in [-0.1, -0.05) is 18.2 Å². The highest BCUT2D eigenvalue weighted by molar-refractivity contribution is 6.43. The fraction of sp³-hybridized carbons (Fsp3) is 0.333. The number of esters is 1. The van der Waals surface area contributed by atoms with Gasteiger partial charge in [-0.15, -0.1) is 0 Å². The van der Waals surface area contributed by atoms with Crippen molar-refractivity contribution < 1.29 is 14.3 Å². The Kier molecular flexibility index (Phi) is 3.18. The zero-order chi connectivity index (χ0) is 14.2. The van der Waals surface area contributed by atoms with E-state index < -0.39 is 17.4 Å². The standard InChI is InChI=1S/C15H17NO3/c1-15(2,3)19-14(18)13(17)11-9-16(4)12-8-6-5-7-10(11)12/h5-9H,1-4H3. The van der Waals surface area contributed by atoms with Gasteiger partial charge in [0.15, 0.2) is 0 Å². The van der Waals surface area contributed by atoms with E-state index in [1.54, 1.807) is 27.0 Å². The molecule has 2 aromatic rings. The van der Waals surface area contributed by atoms with Crippen LogP contribution in [-0.4, -0.2) is 21.9 Å². The first kappa shape index (κ1) is 13.3. The lowest BCUT2D eigenvalue weighted by molar-refractivity contribution is -0.148. The van der Waals surface area contributed by atoms with Crippen molar-refractivity contribution in [1.29, 1.82) is 0 Å². The van der Waals surface area contributed by atoms with Gasteiger partial charge in [-0.05, 0) is 26.8 Å². The zero-order valence-corrected chi connectivity index (χ0v) is 11.6. The van der Waals surface area contributed by atoms with E-state index in [4.69, 9.17) is 4.74 Å². The average molecular weight is 259 g/mol. The number of para-hydroxylation sites is 1. The molecule has 0 atom stereocenters. The molecule has 0 spiro atoms. The molecule has 100 valence electrons. The maximum atomic E-state index is 12.2. The molecule has 0 saturated heterocycles. The van der Waals surface area contributed by atoms with Gasteiger partial charge in [-0.3, -0.25) is 4.79 Å². The number of hydrogen-bond donors (Lipinski definition) is 0. The summed E-state index contributed by atoms with van der Waals surface area (Å²) in [6, 6.07) is 7.46. The molecule has 0 bridgehead atoms. The summed E-state index contributed by atoms with van der Waals surface area (Å²) in [6.07, 6.45) is 1.66. The molecular formula is C15H17NO3. The molecule has 4 heteroatoms. The summed E-state index contributed by atoms with van der Waals surface area (Å²) in [5.74, 6) is -1.42. The summed E-state index contributed by atoms with van der Waals surface area (Å²) < 4.78 is 6.94. The van der Waals surface area contributed by atoms with Gasteiger partial charge in [0.1, 0.15) is 5.60 Å².